The van der Waals surface area contributed by atoms with Gasteiger partial charge in [-0.2, -0.15) is 5.10 Å². The van der Waals surface area contributed by atoms with E-state index in [4.69, 9.17) is 0 Å². The van der Waals surface area contributed by atoms with E-state index in [1.807, 2.05) is 0 Å². The lowest BCUT2D eigenvalue weighted by atomic mass is 9.79. The van der Waals surface area contributed by atoms with Gasteiger partial charge < -0.3 is 0 Å². The van der Waals surface area contributed by atoms with E-state index in [2.05, 4.69) is 37.8 Å². The summed E-state index contributed by atoms with van der Waals surface area (Å²) in [6.07, 6.45) is 3.85. The SMILES string of the molecule is Cc1n[nH]c(C)c1S(=O)(=O)NC1(CBr)CCC(C)CC1. The predicted molar refractivity (Wildman–Crippen MR) is 82.5 cm³/mol. The number of nitrogens with one attached hydrogen (secondary N) is 2. The van der Waals surface area contributed by atoms with Crippen molar-refractivity contribution in [3.8, 4) is 0 Å². The molecule has 0 unspecified atom stereocenters. The highest BCUT2D eigenvalue weighted by molar-refractivity contribution is 9.09. The quantitative estimate of drug-likeness (QED) is 0.807. The van der Waals surface area contributed by atoms with Crippen LogP contribution in [0.15, 0.2) is 4.90 Å². The van der Waals surface area contributed by atoms with Crippen LogP contribution in [0.25, 0.3) is 0 Å². The topological polar surface area (TPSA) is 74.8 Å². The molecule has 1 aliphatic rings. The van der Waals surface area contributed by atoms with Crippen LogP contribution in [0.2, 0.25) is 0 Å². The zero-order chi connectivity index (χ0) is 15.0. The molecular formula is C13H22BrN3O2S. The highest BCUT2D eigenvalue weighted by Crippen LogP contribution is 2.34. The van der Waals surface area contributed by atoms with Crippen LogP contribution in [-0.2, 0) is 10.0 Å². The zero-order valence-electron chi connectivity index (χ0n) is 12.2. The fourth-order valence-corrected chi connectivity index (χ4v) is 5.57. The summed E-state index contributed by atoms with van der Waals surface area (Å²) in [7, 11) is -3.54. The maximum atomic E-state index is 12.7. The number of alkyl halides is 1. The number of aromatic amines is 1. The summed E-state index contributed by atoms with van der Waals surface area (Å²) < 4.78 is 28.2. The Morgan fingerprint density at radius 3 is 2.45 bits per heavy atom. The fraction of sp³-hybridized carbons (Fsp3) is 0.769. The van der Waals surface area contributed by atoms with Gasteiger partial charge >= 0.3 is 0 Å². The average Bonchev–Trinajstić information content (AvgIpc) is 2.72. The van der Waals surface area contributed by atoms with Crippen molar-refractivity contribution in [1.82, 2.24) is 14.9 Å². The first-order valence-corrected chi connectivity index (χ1v) is 9.52. The Morgan fingerprint density at radius 2 is 2.00 bits per heavy atom. The molecule has 0 spiro atoms. The Morgan fingerprint density at radius 1 is 1.40 bits per heavy atom. The number of aromatic nitrogens is 2. The Hall–Kier alpha value is -0.400. The van der Waals surface area contributed by atoms with Crippen molar-refractivity contribution in [3.63, 3.8) is 0 Å². The van der Waals surface area contributed by atoms with Crippen LogP contribution in [0.3, 0.4) is 0 Å². The maximum Gasteiger partial charge on any atom is 0.244 e. The number of sulfonamides is 1. The molecule has 1 fully saturated rings. The molecule has 0 atom stereocenters. The van der Waals surface area contributed by atoms with Crippen molar-refractivity contribution in [2.45, 2.75) is 56.9 Å². The molecule has 20 heavy (non-hydrogen) atoms. The molecule has 114 valence electrons. The summed E-state index contributed by atoms with van der Waals surface area (Å²) >= 11 is 3.49. The Kier molecular flexibility index (Phi) is 4.61. The van der Waals surface area contributed by atoms with Crippen LogP contribution < -0.4 is 4.72 Å². The van der Waals surface area contributed by atoms with Gasteiger partial charge in [0.25, 0.3) is 0 Å². The van der Waals surface area contributed by atoms with Gasteiger partial charge in [0.2, 0.25) is 10.0 Å². The molecule has 0 radical (unpaired) electrons. The van der Waals surface area contributed by atoms with E-state index in [0.717, 1.165) is 25.7 Å². The summed E-state index contributed by atoms with van der Waals surface area (Å²) in [6, 6.07) is 0. The van der Waals surface area contributed by atoms with Crippen molar-refractivity contribution in [3.05, 3.63) is 11.4 Å². The first kappa shape index (κ1) is 16.0. The van der Waals surface area contributed by atoms with E-state index in [-0.39, 0.29) is 10.4 Å². The first-order chi connectivity index (χ1) is 9.30. The molecule has 1 aromatic heterocycles. The van der Waals surface area contributed by atoms with Gasteiger partial charge in [-0.05, 0) is 45.4 Å². The average molecular weight is 364 g/mol. The highest BCUT2D eigenvalue weighted by atomic mass is 79.9. The molecule has 7 heteroatoms. The summed E-state index contributed by atoms with van der Waals surface area (Å²) in [5.74, 6) is 0.670. The van der Waals surface area contributed by atoms with Crippen LogP contribution >= 0.6 is 15.9 Å². The van der Waals surface area contributed by atoms with Crippen LogP contribution in [0, 0.1) is 19.8 Å². The molecule has 0 saturated heterocycles. The van der Waals surface area contributed by atoms with E-state index in [0.29, 0.717) is 22.6 Å². The third kappa shape index (κ3) is 3.09. The van der Waals surface area contributed by atoms with E-state index in [9.17, 15) is 8.42 Å². The first-order valence-electron chi connectivity index (χ1n) is 6.91. The highest BCUT2D eigenvalue weighted by Gasteiger charge is 2.38. The predicted octanol–water partition coefficient (Wildman–Crippen LogP) is 2.65. The Bertz CT molecular complexity index is 555. The number of H-pyrrole nitrogens is 1. The number of halogens is 1. The largest absolute Gasteiger partial charge is 0.281 e. The van der Waals surface area contributed by atoms with Crippen molar-refractivity contribution in [1.29, 1.82) is 0 Å². The molecule has 1 saturated carbocycles. The lowest BCUT2D eigenvalue weighted by Crippen LogP contribution is -2.52. The number of hydrogen-bond donors (Lipinski definition) is 2. The lowest BCUT2D eigenvalue weighted by Gasteiger charge is -2.38. The molecule has 0 bridgehead atoms. The molecule has 0 aromatic carbocycles. The third-order valence-corrected chi connectivity index (χ3v) is 7.08. The molecule has 2 rings (SSSR count). The minimum absolute atomic E-state index is 0.288. The molecule has 2 N–H and O–H groups in total. The standard InChI is InChI=1S/C13H22BrN3O2S/c1-9-4-6-13(8-14,7-5-9)17-20(18,19)12-10(2)15-16-11(12)3/h9,17H,4-8H2,1-3H3,(H,15,16). The van der Waals surface area contributed by atoms with E-state index >= 15 is 0 Å². The third-order valence-electron chi connectivity index (χ3n) is 4.17. The summed E-state index contributed by atoms with van der Waals surface area (Å²) in [5, 5.41) is 7.36. The van der Waals surface area contributed by atoms with Crippen molar-refractivity contribution in [2.24, 2.45) is 5.92 Å². The summed E-state index contributed by atoms with van der Waals surface area (Å²) in [4.78, 5) is 0.288. The minimum Gasteiger partial charge on any atom is -0.281 e. The van der Waals surface area contributed by atoms with Gasteiger partial charge in [-0.25, -0.2) is 13.1 Å². The Balaban J connectivity index is 2.27. The van der Waals surface area contributed by atoms with E-state index < -0.39 is 10.0 Å². The maximum absolute atomic E-state index is 12.7. The second-order valence-electron chi connectivity index (χ2n) is 5.97. The number of aryl methyl sites for hydroxylation is 2. The molecule has 5 nitrogen and oxygen atoms in total. The second-order valence-corrected chi connectivity index (χ2v) is 8.15. The Labute approximate surface area is 129 Å². The second kappa shape index (κ2) is 5.77. The fourth-order valence-electron chi connectivity index (χ4n) is 2.85. The molecular weight excluding hydrogens is 342 g/mol. The van der Waals surface area contributed by atoms with Gasteiger partial charge in [-0.1, -0.05) is 22.9 Å². The van der Waals surface area contributed by atoms with Gasteiger partial charge in [0, 0.05) is 10.9 Å². The normalized spacial score (nSPS) is 27.7. The number of nitrogens with zero attached hydrogens (tertiary/aromatic N) is 1. The lowest BCUT2D eigenvalue weighted by molar-refractivity contribution is 0.250. The van der Waals surface area contributed by atoms with Crippen LogP contribution in [0.1, 0.15) is 44.0 Å². The van der Waals surface area contributed by atoms with E-state index in [1.165, 1.54) is 0 Å². The minimum atomic E-state index is -3.54. The number of rotatable bonds is 4. The smallest absolute Gasteiger partial charge is 0.244 e. The van der Waals surface area contributed by atoms with Crippen LogP contribution in [0.4, 0.5) is 0 Å². The van der Waals surface area contributed by atoms with Crippen LogP contribution in [-0.4, -0.2) is 29.5 Å². The molecule has 1 heterocycles. The summed E-state index contributed by atoms with van der Waals surface area (Å²) in [5.41, 5.74) is 0.731. The molecule has 1 aliphatic carbocycles. The monoisotopic (exact) mass is 363 g/mol. The van der Waals surface area contributed by atoms with Crippen molar-refractivity contribution < 1.29 is 8.42 Å². The van der Waals surface area contributed by atoms with Crippen molar-refractivity contribution in [2.75, 3.05) is 5.33 Å². The van der Waals surface area contributed by atoms with E-state index in [1.54, 1.807) is 13.8 Å². The van der Waals surface area contributed by atoms with Gasteiger partial charge in [-0.15, -0.1) is 0 Å². The summed E-state index contributed by atoms with van der Waals surface area (Å²) in [6.45, 7) is 5.66. The molecule has 0 amide bonds. The molecule has 1 aromatic rings. The van der Waals surface area contributed by atoms with Gasteiger partial charge in [-0.3, -0.25) is 5.10 Å². The molecule has 0 aliphatic heterocycles. The van der Waals surface area contributed by atoms with Gasteiger partial charge in [0.15, 0.2) is 0 Å². The van der Waals surface area contributed by atoms with Crippen LogP contribution in [0.5, 0.6) is 0 Å². The van der Waals surface area contributed by atoms with Gasteiger partial charge in [0.05, 0.1) is 11.4 Å². The number of hydrogen-bond acceptors (Lipinski definition) is 3. The van der Waals surface area contributed by atoms with Crippen molar-refractivity contribution >= 4 is 26.0 Å². The zero-order valence-corrected chi connectivity index (χ0v) is 14.6. The van der Waals surface area contributed by atoms with Gasteiger partial charge in [0.1, 0.15) is 4.90 Å².